The topological polar surface area (TPSA) is 95.2 Å². The van der Waals surface area contributed by atoms with Gasteiger partial charge < -0.3 is 5.32 Å². The van der Waals surface area contributed by atoms with Crippen molar-refractivity contribution in [2.75, 3.05) is 13.1 Å². The molecule has 1 saturated heterocycles. The molecule has 1 unspecified atom stereocenters. The minimum atomic E-state index is -3.59. The first kappa shape index (κ1) is 21.5. The Morgan fingerprint density at radius 3 is 2.45 bits per heavy atom. The van der Waals surface area contributed by atoms with E-state index in [9.17, 15) is 13.2 Å². The van der Waals surface area contributed by atoms with E-state index in [2.05, 4.69) is 34.6 Å². The Morgan fingerprint density at radius 2 is 1.90 bits per heavy atom. The second-order valence-corrected chi connectivity index (χ2v) is 9.62. The smallest absolute Gasteiger partial charge is 0.246 e. The number of hydrogen-bond acceptors (Lipinski definition) is 4. The summed E-state index contributed by atoms with van der Waals surface area (Å²) in [6.07, 6.45) is 2.72. The van der Waals surface area contributed by atoms with Gasteiger partial charge in [0.15, 0.2) is 0 Å². The molecule has 1 aliphatic rings. The van der Waals surface area contributed by atoms with Crippen molar-refractivity contribution in [2.24, 2.45) is 5.92 Å². The minimum absolute atomic E-state index is 0.0282. The van der Waals surface area contributed by atoms with E-state index >= 15 is 0 Å². The maximum absolute atomic E-state index is 13.0. The third-order valence-corrected chi connectivity index (χ3v) is 7.81. The van der Waals surface area contributed by atoms with Crippen molar-refractivity contribution in [3.8, 4) is 0 Å². The van der Waals surface area contributed by atoms with E-state index in [1.54, 1.807) is 13.8 Å². The molecule has 2 aromatic rings. The molecule has 0 spiro atoms. The molecule has 0 saturated carbocycles. The van der Waals surface area contributed by atoms with Gasteiger partial charge in [-0.25, -0.2) is 8.42 Å². The Labute approximate surface area is 172 Å². The summed E-state index contributed by atoms with van der Waals surface area (Å²) in [5.74, 6) is -0.127. The lowest BCUT2D eigenvalue weighted by Gasteiger charge is -2.31. The normalized spacial score (nSPS) is 17.2. The number of aromatic nitrogens is 2. The lowest BCUT2D eigenvalue weighted by molar-refractivity contribution is -0.126. The summed E-state index contributed by atoms with van der Waals surface area (Å²) in [5, 5.41) is 9.90. The van der Waals surface area contributed by atoms with Gasteiger partial charge in [0.05, 0.1) is 11.4 Å². The van der Waals surface area contributed by atoms with Crippen LogP contribution in [-0.4, -0.2) is 48.0 Å². The van der Waals surface area contributed by atoms with Gasteiger partial charge in [-0.3, -0.25) is 9.89 Å². The number of carbonyl (C=O) groups is 1. The van der Waals surface area contributed by atoms with Crippen molar-refractivity contribution in [1.29, 1.82) is 0 Å². The van der Waals surface area contributed by atoms with E-state index < -0.39 is 10.0 Å². The van der Waals surface area contributed by atoms with Crippen LogP contribution in [0, 0.1) is 19.8 Å². The molecule has 1 aromatic carbocycles. The van der Waals surface area contributed by atoms with E-state index in [-0.39, 0.29) is 22.8 Å². The Bertz CT molecular complexity index is 913. The van der Waals surface area contributed by atoms with E-state index in [1.807, 2.05) is 18.2 Å². The predicted octanol–water partition coefficient (Wildman–Crippen LogP) is 2.56. The highest BCUT2D eigenvalue weighted by atomic mass is 32.2. The SMILES string of the molecule is CCC(Cc1ccccc1)NC(=O)C1CCN(S(=O)(=O)c2c(C)n[nH]c2C)CC1. The number of aryl methyl sites for hydroxylation is 2. The predicted molar refractivity (Wildman–Crippen MR) is 112 cm³/mol. The minimum Gasteiger partial charge on any atom is -0.353 e. The van der Waals surface area contributed by atoms with Crippen LogP contribution in [0.3, 0.4) is 0 Å². The highest BCUT2D eigenvalue weighted by molar-refractivity contribution is 7.89. The number of H-pyrrole nitrogens is 1. The summed E-state index contributed by atoms with van der Waals surface area (Å²) in [4.78, 5) is 13.0. The van der Waals surface area contributed by atoms with Crippen LogP contribution < -0.4 is 5.32 Å². The zero-order valence-corrected chi connectivity index (χ0v) is 18.1. The molecule has 29 heavy (non-hydrogen) atoms. The van der Waals surface area contributed by atoms with Crippen LogP contribution in [-0.2, 0) is 21.2 Å². The van der Waals surface area contributed by atoms with E-state index in [1.165, 1.54) is 9.87 Å². The standard InChI is InChI=1S/C21H30N4O3S/c1-4-19(14-17-8-6-5-7-9-17)22-21(26)18-10-12-25(13-11-18)29(27,28)20-15(2)23-24-16(20)3/h5-9,18-19H,4,10-14H2,1-3H3,(H,22,26)(H,23,24). The Balaban J connectivity index is 1.58. The molecule has 1 fully saturated rings. The second-order valence-electron chi connectivity index (χ2n) is 7.74. The van der Waals surface area contributed by atoms with Crippen molar-refractivity contribution >= 4 is 15.9 Å². The molecule has 1 atom stereocenters. The van der Waals surface area contributed by atoms with Crippen molar-refractivity contribution in [3.05, 3.63) is 47.3 Å². The van der Waals surface area contributed by atoms with Crippen molar-refractivity contribution in [2.45, 2.75) is 57.4 Å². The lowest BCUT2D eigenvalue weighted by atomic mass is 9.96. The molecule has 7 nitrogen and oxygen atoms in total. The first-order chi connectivity index (χ1) is 13.8. The van der Waals surface area contributed by atoms with Crippen LogP contribution in [0.25, 0.3) is 0 Å². The van der Waals surface area contributed by atoms with Gasteiger partial charge in [-0.2, -0.15) is 9.40 Å². The van der Waals surface area contributed by atoms with Gasteiger partial charge in [-0.05, 0) is 45.1 Å². The molecule has 0 bridgehead atoms. The second kappa shape index (κ2) is 9.09. The van der Waals surface area contributed by atoms with Gasteiger partial charge in [-0.1, -0.05) is 37.3 Å². The maximum Gasteiger partial charge on any atom is 0.246 e. The Hall–Kier alpha value is -2.19. The average molecular weight is 419 g/mol. The van der Waals surface area contributed by atoms with Crippen molar-refractivity contribution in [3.63, 3.8) is 0 Å². The molecule has 3 rings (SSSR count). The zero-order valence-electron chi connectivity index (χ0n) is 17.3. The van der Waals surface area contributed by atoms with Crippen LogP contribution >= 0.6 is 0 Å². The fourth-order valence-electron chi connectivity index (χ4n) is 3.92. The Kier molecular flexibility index (Phi) is 6.74. The number of sulfonamides is 1. The van der Waals surface area contributed by atoms with Crippen LogP contribution in [0.4, 0.5) is 0 Å². The molecule has 0 aliphatic carbocycles. The summed E-state index contributed by atoms with van der Waals surface area (Å²) in [7, 11) is -3.59. The van der Waals surface area contributed by atoms with Gasteiger partial charge in [0.1, 0.15) is 4.90 Å². The fraction of sp³-hybridized carbons (Fsp3) is 0.524. The molecular weight excluding hydrogens is 388 g/mol. The number of carbonyl (C=O) groups excluding carboxylic acids is 1. The van der Waals surface area contributed by atoms with Gasteiger partial charge >= 0.3 is 0 Å². The molecule has 1 aromatic heterocycles. The highest BCUT2D eigenvalue weighted by Gasteiger charge is 2.35. The monoisotopic (exact) mass is 418 g/mol. The molecule has 1 aliphatic heterocycles. The Morgan fingerprint density at radius 1 is 1.24 bits per heavy atom. The fourth-order valence-corrected chi connectivity index (χ4v) is 5.72. The zero-order chi connectivity index (χ0) is 21.0. The number of amides is 1. The number of benzene rings is 1. The number of piperidine rings is 1. The average Bonchev–Trinajstić information content (AvgIpc) is 3.07. The third kappa shape index (κ3) is 4.87. The number of nitrogens with one attached hydrogen (secondary N) is 2. The highest BCUT2D eigenvalue weighted by Crippen LogP contribution is 2.27. The van der Waals surface area contributed by atoms with Gasteiger partial charge in [0.25, 0.3) is 0 Å². The van der Waals surface area contributed by atoms with Gasteiger partial charge in [0, 0.05) is 25.0 Å². The molecule has 8 heteroatoms. The number of aromatic amines is 1. The van der Waals surface area contributed by atoms with Crippen molar-refractivity contribution < 1.29 is 13.2 Å². The number of nitrogens with zero attached hydrogens (tertiary/aromatic N) is 2. The molecule has 0 radical (unpaired) electrons. The maximum atomic E-state index is 13.0. The van der Waals surface area contributed by atoms with Crippen LogP contribution in [0.5, 0.6) is 0 Å². The van der Waals surface area contributed by atoms with E-state index in [0.717, 1.165) is 12.8 Å². The van der Waals surface area contributed by atoms with E-state index in [4.69, 9.17) is 0 Å². The van der Waals surface area contributed by atoms with E-state index in [0.29, 0.717) is 37.3 Å². The molecule has 2 heterocycles. The lowest BCUT2D eigenvalue weighted by Crippen LogP contribution is -2.45. The number of hydrogen-bond donors (Lipinski definition) is 2. The van der Waals surface area contributed by atoms with Crippen LogP contribution in [0.1, 0.15) is 43.1 Å². The van der Waals surface area contributed by atoms with Gasteiger partial charge in [0.2, 0.25) is 15.9 Å². The molecule has 2 N–H and O–H groups in total. The summed E-state index contributed by atoms with van der Waals surface area (Å²) in [6, 6.07) is 10.2. The van der Waals surface area contributed by atoms with Crippen LogP contribution in [0.15, 0.2) is 35.2 Å². The molecule has 158 valence electrons. The molecule has 1 amide bonds. The largest absolute Gasteiger partial charge is 0.353 e. The quantitative estimate of drug-likeness (QED) is 0.722. The summed E-state index contributed by atoms with van der Waals surface area (Å²) < 4.78 is 27.4. The first-order valence-electron chi connectivity index (χ1n) is 10.2. The summed E-state index contributed by atoms with van der Waals surface area (Å²) in [5.41, 5.74) is 2.23. The first-order valence-corrected chi connectivity index (χ1v) is 11.6. The summed E-state index contributed by atoms with van der Waals surface area (Å²) >= 11 is 0. The van der Waals surface area contributed by atoms with Crippen LogP contribution in [0.2, 0.25) is 0 Å². The van der Waals surface area contributed by atoms with Gasteiger partial charge in [-0.15, -0.1) is 0 Å². The summed E-state index contributed by atoms with van der Waals surface area (Å²) in [6.45, 7) is 6.16. The van der Waals surface area contributed by atoms with Crippen molar-refractivity contribution in [1.82, 2.24) is 19.8 Å². The molecular formula is C21H30N4O3S. The number of rotatable bonds is 7. The third-order valence-electron chi connectivity index (χ3n) is 5.65.